The molecule has 0 radical (unpaired) electrons. The van der Waals surface area contributed by atoms with Crippen LogP contribution in [0.25, 0.3) is 0 Å². The van der Waals surface area contributed by atoms with E-state index in [0.717, 1.165) is 43.9 Å². The molecule has 2 aromatic rings. The maximum absolute atomic E-state index is 13.8. The number of ether oxygens (including phenoxy) is 1. The number of rotatable bonds is 8. The zero-order chi connectivity index (χ0) is 22.2. The molecule has 1 saturated carbocycles. The van der Waals surface area contributed by atoms with Crippen molar-refractivity contribution in [2.75, 3.05) is 24.7 Å². The molecule has 2 N–H and O–H groups in total. The number of urea groups is 1. The molecule has 166 valence electrons. The van der Waals surface area contributed by atoms with Crippen molar-refractivity contribution in [3.63, 3.8) is 0 Å². The van der Waals surface area contributed by atoms with Crippen LogP contribution < -0.4 is 10.2 Å². The number of anilines is 2. The number of aliphatic carboxylic acids is 1. The number of carbonyl (C=O) groups is 2. The average Bonchev–Trinajstić information content (AvgIpc) is 2.73. The lowest BCUT2D eigenvalue weighted by atomic mass is 9.82. The lowest BCUT2D eigenvalue weighted by Gasteiger charge is -2.30. The van der Waals surface area contributed by atoms with E-state index in [0.29, 0.717) is 18.8 Å². The number of carboxylic acid groups (broad SMARTS) is 1. The molecule has 0 aliphatic heterocycles. The zero-order valence-corrected chi connectivity index (χ0v) is 17.1. The highest BCUT2D eigenvalue weighted by atomic mass is 19.1. The molecular formula is C23H26F2N2O4. The second kappa shape index (κ2) is 10.9. The number of benzene rings is 2. The van der Waals surface area contributed by atoms with E-state index in [2.05, 4.69) is 5.32 Å². The minimum absolute atomic E-state index is 0.102. The van der Waals surface area contributed by atoms with Crippen molar-refractivity contribution in [3.8, 4) is 0 Å². The lowest BCUT2D eigenvalue weighted by molar-refractivity contribution is -0.142. The highest BCUT2D eigenvalue weighted by molar-refractivity contribution is 5.99. The Morgan fingerprint density at radius 2 is 1.71 bits per heavy atom. The Kier molecular flexibility index (Phi) is 7.94. The summed E-state index contributed by atoms with van der Waals surface area (Å²) >= 11 is 0. The van der Waals surface area contributed by atoms with Gasteiger partial charge in [0.25, 0.3) is 0 Å². The van der Waals surface area contributed by atoms with Gasteiger partial charge in [-0.25, -0.2) is 18.4 Å². The number of amides is 2. The molecule has 2 atom stereocenters. The van der Waals surface area contributed by atoms with Crippen molar-refractivity contribution in [2.24, 2.45) is 11.8 Å². The second-order valence-corrected chi connectivity index (χ2v) is 7.79. The molecule has 1 aliphatic carbocycles. The van der Waals surface area contributed by atoms with Gasteiger partial charge in [-0.1, -0.05) is 24.6 Å². The Morgan fingerprint density at radius 3 is 2.39 bits per heavy atom. The fraction of sp³-hybridized carbons (Fsp3) is 0.391. The Morgan fingerprint density at radius 1 is 1.03 bits per heavy atom. The molecule has 0 heterocycles. The van der Waals surface area contributed by atoms with Gasteiger partial charge >= 0.3 is 12.0 Å². The van der Waals surface area contributed by atoms with Gasteiger partial charge in [-0.3, -0.25) is 4.90 Å². The summed E-state index contributed by atoms with van der Waals surface area (Å²) in [7, 11) is 0. The van der Waals surface area contributed by atoms with Crippen molar-refractivity contribution in [2.45, 2.75) is 25.7 Å². The minimum Gasteiger partial charge on any atom is -0.480 e. The van der Waals surface area contributed by atoms with Gasteiger partial charge in [0.15, 0.2) is 0 Å². The van der Waals surface area contributed by atoms with Crippen molar-refractivity contribution in [1.82, 2.24) is 5.32 Å². The number of nitrogens with one attached hydrogen (secondary N) is 1. The third kappa shape index (κ3) is 6.75. The largest absolute Gasteiger partial charge is 0.480 e. The molecule has 2 unspecified atom stereocenters. The fourth-order valence-corrected chi connectivity index (χ4v) is 3.99. The van der Waals surface area contributed by atoms with E-state index in [9.17, 15) is 18.4 Å². The predicted molar refractivity (Wildman–Crippen MR) is 112 cm³/mol. The average molecular weight is 432 g/mol. The summed E-state index contributed by atoms with van der Waals surface area (Å²) in [4.78, 5) is 24.9. The van der Waals surface area contributed by atoms with E-state index in [-0.39, 0.29) is 24.1 Å². The summed E-state index contributed by atoms with van der Waals surface area (Å²) in [5.74, 6) is -2.05. The smallest absolute Gasteiger partial charge is 0.329 e. The number of carboxylic acids is 1. The molecule has 8 heteroatoms. The van der Waals surface area contributed by atoms with Crippen molar-refractivity contribution < 1.29 is 28.2 Å². The molecule has 0 saturated heterocycles. The molecule has 31 heavy (non-hydrogen) atoms. The quantitative estimate of drug-likeness (QED) is 0.633. The summed E-state index contributed by atoms with van der Waals surface area (Å²) in [6, 6.07) is 11.2. The molecule has 0 bridgehead atoms. The third-order valence-corrected chi connectivity index (χ3v) is 5.34. The Bertz CT molecular complexity index is 874. The van der Waals surface area contributed by atoms with Crippen LogP contribution in [0.4, 0.5) is 25.0 Å². The van der Waals surface area contributed by atoms with E-state index < -0.39 is 23.6 Å². The molecule has 0 spiro atoms. The Labute approximate surface area is 179 Å². The van der Waals surface area contributed by atoms with Gasteiger partial charge in [0.2, 0.25) is 0 Å². The third-order valence-electron chi connectivity index (χ3n) is 5.34. The fourth-order valence-electron chi connectivity index (χ4n) is 3.99. The zero-order valence-electron chi connectivity index (χ0n) is 17.1. The lowest BCUT2D eigenvalue weighted by Crippen LogP contribution is -2.40. The van der Waals surface area contributed by atoms with Crippen LogP contribution in [0.1, 0.15) is 25.7 Å². The van der Waals surface area contributed by atoms with Gasteiger partial charge in [-0.15, -0.1) is 0 Å². The first-order chi connectivity index (χ1) is 14.9. The Balaban J connectivity index is 1.65. The molecule has 0 aromatic heterocycles. The summed E-state index contributed by atoms with van der Waals surface area (Å²) in [6.07, 6.45) is 3.69. The summed E-state index contributed by atoms with van der Waals surface area (Å²) < 4.78 is 32.8. The first kappa shape index (κ1) is 22.7. The Hall–Kier alpha value is -3.00. The second-order valence-electron chi connectivity index (χ2n) is 7.79. The van der Waals surface area contributed by atoms with Crippen LogP contribution in [0.15, 0.2) is 48.5 Å². The maximum Gasteiger partial charge on any atom is 0.329 e. The first-order valence-electron chi connectivity index (χ1n) is 10.3. The normalized spacial score (nSPS) is 18.4. The van der Waals surface area contributed by atoms with Crippen LogP contribution in [0.3, 0.4) is 0 Å². The summed E-state index contributed by atoms with van der Waals surface area (Å²) in [5.41, 5.74) is 0.596. The SMILES string of the molecule is O=C(O)COCC1CCCC(CNC(=O)N(c2ccccc2)c2cc(F)cc(F)c2)C1. The predicted octanol–water partition coefficient (Wildman–Crippen LogP) is 4.72. The van der Waals surface area contributed by atoms with E-state index in [1.165, 1.54) is 4.90 Å². The van der Waals surface area contributed by atoms with Gasteiger partial charge in [-0.05, 0) is 55.4 Å². The van der Waals surface area contributed by atoms with Crippen molar-refractivity contribution in [3.05, 3.63) is 60.2 Å². The highest BCUT2D eigenvalue weighted by Gasteiger charge is 2.25. The molecule has 2 aromatic carbocycles. The van der Waals surface area contributed by atoms with Crippen LogP contribution in [0.5, 0.6) is 0 Å². The summed E-state index contributed by atoms with van der Waals surface area (Å²) in [5, 5.41) is 11.6. The van der Waals surface area contributed by atoms with E-state index >= 15 is 0 Å². The van der Waals surface area contributed by atoms with Crippen LogP contribution in [0.2, 0.25) is 0 Å². The van der Waals surface area contributed by atoms with Gasteiger partial charge in [0.05, 0.1) is 18.0 Å². The topological polar surface area (TPSA) is 78.9 Å². The van der Waals surface area contributed by atoms with E-state index in [4.69, 9.17) is 9.84 Å². The number of hydrogen-bond donors (Lipinski definition) is 2. The number of hydrogen-bond acceptors (Lipinski definition) is 3. The van der Waals surface area contributed by atoms with Crippen molar-refractivity contribution in [1.29, 1.82) is 0 Å². The van der Waals surface area contributed by atoms with Gasteiger partial charge in [0, 0.05) is 12.6 Å². The van der Waals surface area contributed by atoms with Crippen LogP contribution >= 0.6 is 0 Å². The van der Waals surface area contributed by atoms with Crippen LogP contribution in [-0.4, -0.2) is 36.9 Å². The number of para-hydroxylation sites is 1. The minimum atomic E-state index is -0.991. The molecular weight excluding hydrogens is 406 g/mol. The van der Waals surface area contributed by atoms with Gasteiger partial charge in [-0.2, -0.15) is 0 Å². The monoisotopic (exact) mass is 432 g/mol. The van der Waals surface area contributed by atoms with Crippen LogP contribution in [0, 0.1) is 23.5 Å². The molecule has 2 amide bonds. The van der Waals surface area contributed by atoms with E-state index in [1.54, 1.807) is 30.3 Å². The standard InChI is InChI=1S/C23H26F2N2O4/c24-18-10-19(25)12-21(11-18)27(20-7-2-1-3-8-20)23(30)26-13-16-5-4-6-17(9-16)14-31-15-22(28)29/h1-3,7-8,10-12,16-17H,4-6,9,13-15H2,(H,26,30)(H,28,29). The molecule has 1 fully saturated rings. The maximum atomic E-state index is 13.8. The number of nitrogens with zero attached hydrogens (tertiary/aromatic N) is 1. The first-order valence-corrected chi connectivity index (χ1v) is 10.3. The molecule has 1 aliphatic rings. The van der Waals surface area contributed by atoms with Crippen molar-refractivity contribution >= 4 is 23.4 Å². The van der Waals surface area contributed by atoms with Gasteiger partial charge in [0.1, 0.15) is 18.2 Å². The van der Waals surface area contributed by atoms with Crippen LogP contribution in [-0.2, 0) is 9.53 Å². The summed E-state index contributed by atoms with van der Waals surface area (Å²) in [6.45, 7) is 0.485. The molecule has 6 nitrogen and oxygen atoms in total. The molecule has 3 rings (SSSR count). The van der Waals surface area contributed by atoms with Gasteiger partial charge < -0.3 is 15.2 Å². The number of carbonyl (C=O) groups excluding carboxylic acids is 1. The van der Waals surface area contributed by atoms with E-state index in [1.807, 2.05) is 0 Å². The highest BCUT2D eigenvalue weighted by Crippen LogP contribution is 2.30. The number of halogens is 2.